The number of amides is 2. The zero-order chi connectivity index (χ0) is 16.4. The molecule has 124 valence electrons. The van der Waals surface area contributed by atoms with Crippen LogP contribution in [0.1, 0.15) is 36.6 Å². The van der Waals surface area contributed by atoms with Crippen molar-refractivity contribution in [1.29, 1.82) is 0 Å². The number of rotatable bonds is 4. The minimum atomic E-state index is -0.143. The second-order valence-electron chi connectivity index (χ2n) is 6.60. The highest BCUT2D eigenvalue weighted by molar-refractivity contribution is 5.86. The van der Waals surface area contributed by atoms with E-state index in [9.17, 15) is 4.79 Å². The van der Waals surface area contributed by atoms with E-state index in [4.69, 9.17) is 5.11 Å². The summed E-state index contributed by atoms with van der Waals surface area (Å²) in [6.45, 7) is 4.09. The zero-order valence-corrected chi connectivity index (χ0v) is 13.8. The molecule has 2 aromatic rings. The number of carbonyl (C=O) groups excluding carboxylic acids is 1. The Bertz CT molecular complexity index is 708. The fraction of sp³-hybridized carbons (Fsp3) is 0.500. The summed E-state index contributed by atoms with van der Waals surface area (Å²) in [6.07, 6.45) is 3.34. The Labute approximate surface area is 136 Å². The average molecular weight is 315 g/mol. The summed E-state index contributed by atoms with van der Waals surface area (Å²) in [4.78, 5) is 15.6. The largest absolute Gasteiger partial charge is 0.396 e. The van der Waals surface area contributed by atoms with E-state index in [1.165, 1.54) is 27.7 Å². The predicted octanol–water partition coefficient (Wildman–Crippen LogP) is 2.40. The lowest BCUT2D eigenvalue weighted by molar-refractivity contribution is 0.226. The molecule has 2 amide bonds. The van der Waals surface area contributed by atoms with E-state index in [0.717, 1.165) is 19.3 Å². The predicted molar refractivity (Wildman–Crippen MR) is 91.7 cm³/mol. The van der Waals surface area contributed by atoms with Crippen molar-refractivity contribution in [3.63, 3.8) is 0 Å². The van der Waals surface area contributed by atoms with Crippen LogP contribution < -0.4 is 10.6 Å². The second kappa shape index (κ2) is 6.62. The van der Waals surface area contributed by atoms with Gasteiger partial charge in [-0.05, 0) is 57.2 Å². The van der Waals surface area contributed by atoms with Crippen LogP contribution in [0.15, 0.2) is 18.2 Å². The number of H-pyrrole nitrogens is 1. The van der Waals surface area contributed by atoms with Gasteiger partial charge in [0.2, 0.25) is 0 Å². The van der Waals surface area contributed by atoms with E-state index in [0.29, 0.717) is 6.42 Å². The van der Waals surface area contributed by atoms with E-state index in [-0.39, 0.29) is 24.7 Å². The maximum atomic E-state index is 12.1. The normalized spacial score (nSPS) is 18.5. The minimum Gasteiger partial charge on any atom is -0.396 e. The Kier molecular flexibility index (Phi) is 4.57. The number of carbonyl (C=O) groups is 1. The lowest BCUT2D eigenvalue weighted by Gasteiger charge is -2.24. The van der Waals surface area contributed by atoms with E-state index in [1.807, 2.05) is 6.92 Å². The number of aromatic amines is 1. The third-order valence-electron chi connectivity index (χ3n) is 4.62. The van der Waals surface area contributed by atoms with Gasteiger partial charge in [0.1, 0.15) is 0 Å². The van der Waals surface area contributed by atoms with Crippen LogP contribution in [0, 0.1) is 6.92 Å². The minimum absolute atomic E-state index is 0.0186. The molecule has 2 atom stereocenters. The van der Waals surface area contributed by atoms with Gasteiger partial charge < -0.3 is 20.7 Å². The molecule has 23 heavy (non-hydrogen) atoms. The molecule has 1 heterocycles. The molecule has 4 N–H and O–H groups in total. The molecule has 2 unspecified atom stereocenters. The number of hydrogen-bond donors (Lipinski definition) is 4. The molecule has 3 rings (SSSR count). The molecule has 0 saturated carbocycles. The standard InChI is InChI=1S/C18H25N3O2/c1-11-3-5-16-14(9-11)15-10-13(4-6-17(15)21-16)20-18(23)19-12(2)7-8-22/h3,5,9,12-13,21-22H,4,6-8,10H2,1-2H3,(H2,19,20,23). The summed E-state index contributed by atoms with van der Waals surface area (Å²) in [5, 5.41) is 16.1. The summed E-state index contributed by atoms with van der Waals surface area (Å²) >= 11 is 0. The fourth-order valence-corrected chi connectivity index (χ4v) is 3.37. The number of aryl methyl sites for hydroxylation is 2. The number of aromatic nitrogens is 1. The molecule has 0 bridgehead atoms. The Morgan fingerprint density at radius 1 is 1.48 bits per heavy atom. The van der Waals surface area contributed by atoms with Crippen LogP contribution in [0.4, 0.5) is 4.79 Å². The summed E-state index contributed by atoms with van der Waals surface area (Å²) < 4.78 is 0. The van der Waals surface area contributed by atoms with E-state index < -0.39 is 0 Å². The molecule has 5 heteroatoms. The number of aliphatic hydroxyl groups excluding tert-OH is 1. The molecule has 5 nitrogen and oxygen atoms in total. The van der Waals surface area contributed by atoms with Crippen LogP contribution in [-0.2, 0) is 12.8 Å². The molecular weight excluding hydrogens is 290 g/mol. The van der Waals surface area contributed by atoms with Crippen LogP contribution >= 0.6 is 0 Å². The first-order chi connectivity index (χ1) is 11.1. The summed E-state index contributed by atoms with van der Waals surface area (Å²) in [7, 11) is 0. The van der Waals surface area contributed by atoms with E-state index >= 15 is 0 Å². The molecule has 1 aliphatic rings. The van der Waals surface area contributed by atoms with Crippen molar-refractivity contribution in [2.45, 2.75) is 51.6 Å². The van der Waals surface area contributed by atoms with Crippen LogP contribution in [0.25, 0.3) is 10.9 Å². The lowest BCUT2D eigenvalue weighted by atomic mass is 9.91. The average Bonchev–Trinajstić information content (AvgIpc) is 2.84. The summed E-state index contributed by atoms with van der Waals surface area (Å²) in [5.41, 5.74) is 5.08. The van der Waals surface area contributed by atoms with Gasteiger partial charge in [-0.1, -0.05) is 11.6 Å². The number of fused-ring (bicyclic) bond motifs is 3. The Morgan fingerprint density at radius 3 is 3.09 bits per heavy atom. The van der Waals surface area contributed by atoms with Gasteiger partial charge in [-0.3, -0.25) is 0 Å². The SMILES string of the molecule is Cc1ccc2[nH]c3c(c2c1)CC(NC(=O)NC(C)CCO)CC3. The maximum absolute atomic E-state index is 12.1. The first-order valence-corrected chi connectivity index (χ1v) is 8.34. The van der Waals surface area contributed by atoms with Gasteiger partial charge in [0.05, 0.1) is 0 Å². The zero-order valence-electron chi connectivity index (χ0n) is 13.8. The van der Waals surface area contributed by atoms with E-state index in [1.54, 1.807) is 0 Å². The number of nitrogens with one attached hydrogen (secondary N) is 3. The lowest BCUT2D eigenvalue weighted by Crippen LogP contribution is -2.47. The van der Waals surface area contributed by atoms with Crippen molar-refractivity contribution in [3.05, 3.63) is 35.0 Å². The third-order valence-corrected chi connectivity index (χ3v) is 4.62. The number of benzene rings is 1. The number of hydrogen-bond acceptors (Lipinski definition) is 2. The van der Waals surface area contributed by atoms with Gasteiger partial charge in [-0.15, -0.1) is 0 Å². The number of aliphatic hydroxyl groups is 1. The first kappa shape index (κ1) is 15.9. The van der Waals surface area contributed by atoms with Crippen molar-refractivity contribution < 1.29 is 9.90 Å². The van der Waals surface area contributed by atoms with Gasteiger partial charge in [-0.25, -0.2) is 4.79 Å². The van der Waals surface area contributed by atoms with Crippen LogP contribution in [0.2, 0.25) is 0 Å². The number of urea groups is 1. The summed E-state index contributed by atoms with van der Waals surface area (Å²) in [5.74, 6) is 0. The highest BCUT2D eigenvalue weighted by Crippen LogP contribution is 2.29. The molecule has 0 radical (unpaired) electrons. The maximum Gasteiger partial charge on any atom is 0.315 e. The Morgan fingerprint density at radius 2 is 2.30 bits per heavy atom. The van der Waals surface area contributed by atoms with Gasteiger partial charge in [-0.2, -0.15) is 0 Å². The topological polar surface area (TPSA) is 77.2 Å². The first-order valence-electron chi connectivity index (χ1n) is 8.34. The summed E-state index contributed by atoms with van der Waals surface area (Å²) in [6, 6.07) is 6.47. The van der Waals surface area contributed by atoms with E-state index in [2.05, 4.69) is 40.7 Å². The molecule has 0 spiro atoms. The highest BCUT2D eigenvalue weighted by Gasteiger charge is 2.24. The monoisotopic (exact) mass is 315 g/mol. The molecule has 1 aromatic heterocycles. The highest BCUT2D eigenvalue weighted by atomic mass is 16.3. The second-order valence-corrected chi connectivity index (χ2v) is 6.60. The van der Waals surface area contributed by atoms with Crippen molar-refractivity contribution in [1.82, 2.24) is 15.6 Å². The molecule has 1 aliphatic carbocycles. The molecule has 0 saturated heterocycles. The van der Waals surface area contributed by atoms with Crippen molar-refractivity contribution in [3.8, 4) is 0 Å². The van der Waals surface area contributed by atoms with Gasteiger partial charge in [0, 0.05) is 35.3 Å². The quantitative estimate of drug-likeness (QED) is 0.699. The fourth-order valence-electron chi connectivity index (χ4n) is 3.37. The molecule has 1 aromatic carbocycles. The van der Waals surface area contributed by atoms with Crippen LogP contribution in [0.5, 0.6) is 0 Å². The Balaban J connectivity index is 1.69. The molecule has 0 fully saturated rings. The van der Waals surface area contributed by atoms with Crippen molar-refractivity contribution in [2.75, 3.05) is 6.61 Å². The molecule has 0 aliphatic heterocycles. The van der Waals surface area contributed by atoms with Crippen molar-refractivity contribution in [2.24, 2.45) is 0 Å². The van der Waals surface area contributed by atoms with Gasteiger partial charge in [0.15, 0.2) is 0 Å². The van der Waals surface area contributed by atoms with Gasteiger partial charge >= 0.3 is 6.03 Å². The smallest absolute Gasteiger partial charge is 0.315 e. The third kappa shape index (κ3) is 3.50. The molecular formula is C18H25N3O2. The van der Waals surface area contributed by atoms with Gasteiger partial charge in [0.25, 0.3) is 0 Å². The van der Waals surface area contributed by atoms with Crippen molar-refractivity contribution >= 4 is 16.9 Å². The van der Waals surface area contributed by atoms with Crippen LogP contribution in [0.3, 0.4) is 0 Å². The Hall–Kier alpha value is -2.01. The van der Waals surface area contributed by atoms with Crippen LogP contribution in [-0.4, -0.2) is 34.8 Å².